The van der Waals surface area contributed by atoms with E-state index in [1.807, 2.05) is 23.8 Å². The van der Waals surface area contributed by atoms with Crippen LogP contribution in [0.15, 0.2) is 32.5 Å². The molecular formula is C11H8N4OS3. The summed E-state index contributed by atoms with van der Waals surface area (Å²) in [6.45, 7) is 0. The molecule has 96 valence electrons. The van der Waals surface area contributed by atoms with Crippen LogP contribution in [0.4, 0.5) is 0 Å². The fourth-order valence-electron chi connectivity index (χ4n) is 1.65. The molecule has 8 heteroatoms. The van der Waals surface area contributed by atoms with Crippen LogP contribution in [0, 0.1) is 5.41 Å². The fourth-order valence-corrected chi connectivity index (χ4v) is 3.76. The Kier molecular flexibility index (Phi) is 3.29. The molecule has 1 N–H and O–H groups in total. The van der Waals surface area contributed by atoms with Gasteiger partial charge in [-0.3, -0.25) is 10.2 Å². The van der Waals surface area contributed by atoms with Gasteiger partial charge < -0.3 is 0 Å². The van der Waals surface area contributed by atoms with Gasteiger partial charge in [-0.25, -0.2) is 4.90 Å². The monoisotopic (exact) mass is 308 g/mol. The summed E-state index contributed by atoms with van der Waals surface area (Å²) in [4.78, 5) is 18.5. The molecule has 0 spiro atoms. The highest BCUT2D eigenvalue weighted by Crippen LogP contribution is 2.31. The van der Waals surface area contributed by atoms with Crippen molar-refractivity contribution in [3.05, 3.63) is 28.0 Å². The Morgan fingerprint density at radius 3 is 3.05 bits per heavy atom. The number of nitrogens with zero attached hydrogens (tertiary/aromatic N) is 3. The second-order valence-electron chi connectivity index (χ2n) is 3.63. The number of amidine groups is 3. The number of thioether (sulfide) groups is 1. The SMILES string of the molecule is CSC1=NSC2=NC(=O)/C(=C\c3cccs3)C(=N)N12. The van der Waals surface area contributed by atoms with Crippen LogP contribution in [0.25, 0.3) is 6.08 Å². The van der Waals surface area contributed by atoms with Crippen molar-refractivity contribution in [3.8, 4) is 0 Å². The second kappa shape index (κ2) is 4.95. The van der Waals surface area contributed by atoms with Crippen molar-refractivity contribution < 1.29 is 4.79 Å². The number of thiophene rings is 1. The normalized spacial score (nSPS) is 20.7. The highest BCUT2D eigenvalue weighted by Gasteiger charge is 2.36. The van der Waals surface area contributed by atoms with E-state index in [1.54, 1.807) is 11.0 Å². The maximum absolute atomic E-state index is 12.0. The average Bonchev–Trinajstić information content (AvgIpc) is 3.02. The standard InChI is InChI=1S/C11H8N4OS3/c1-17-11-14-19-10-13-9(16)7(8(12)15(10)11)5-6-3-2-4-18-6/h2-5,12H,1H3/b7-5-,12-8?. The summed E-state index contributed by atoms with van der Waals surface area (Å²) in [6, 6.07) is 3.81. The van der Waals surface area contributed by atoms with Crippen molar-refractivity contribution in [1.29, 1.82) is 5.41 Å². The van der Waals surface area contributed by atoms with Crippen LogP contribution in [0.3, 0.4) is 0 Å². The Morgan fingerprint density at radius 1 is 1.53 bits per heavy atom. The van der Waals surface area contributed by atoms with Crippen molar-refractivity contribution in [2.45, 2.75) is 0 Å². The van der Waals surface area contributed by atoms with E-state index in [4.69, 9.17) is 5.41 Å². The Balaban J connectivity index is 2.03. The predicted molar refractivity (Wildman–Crippen MR) is 82.8 cm³/mol. The van der Waals surface area contributed by atoms with E-state index in [0.717, 1.165) is 16.8 Å². The minimum Gasteiger partial charge on any atom is -0.283 e. The van der Waals surface area contributed by atoms with Gasteiger partial charge in [-0.2, -0.15) is 9.39 Å². The third-order valence-electron chi connectivity index (χ3n) is 2.51. The van der Waals surface area contributed by atoms with E-state index >= 15 is 0 Å². The van der Waals surface area contributed by atoms with Crippen LogP contribution in [-0.2, 0) is 4.79 Å². The molecule has 0 saturated heterocycles. The fraction of sp³-hybridized carbons (Fsp3) is 0.0909. The topological polar surface area (TPSA) is 68.9 Å². The number of nitrogens with one attached hydrogen (secondary N) is 1. The molecule has 0 radical (unpaired) electrons. The van der Waals surface area contributed by atoms with Gasteiger partial charge >= 0.3 is 0 Å². The first-order valence-corrected chi connectivity index (χ1v) is 8.15. The Bertz CT molecular complexity index is 645. The van der Waals surface area contributed by atoms with Gasteiger partial charge in [-0.05, 0) is 23.8 Å². The zero-order valence-corrected chi connectivity index (χ0v) is 12.2. The average molecular weight is 308 g/mol. The van der Waals surface area contributed by atoms with Crippen molar-refractivity contribution in [2.75, 3.05) is 6.26 Å². The lowest BCUT2D eigenvalue weighted by Crippen LogP contribution is -2.41. The minimum absolute atomic E-state index is 0.140. The summed E-state index contributed by atoms with van der Waals surface area (Å²) in [6.07, 6.45) is 3.59. The summed E-state index contributed by atoms with van der Waals surface area (Å²) < 4.78 is 4.19. The van der Waals surface area contributed by atoms with E-state index < -0.39 is 0 Å². The molecule has 3 rings (SSSR count). The molecule has 0 unspecified atom stereocenters. The van der Waals surface area contributed by atoms with Crippen molar-refractivity contribution in [3.63, 3.8) is 0 Å². The number of amides is 1. The molecule has 19 heavy (non-hydrogen) atoms. The van der Waals surface area contributed by atoms with Crippen LogP contribution in [0.2, 0.25) is 0 Å². The number of aliphatic imine (C=N–C) groups is 1. The first-order chi connectivity index (χ1) is 9.20. The number of hydrogen-bond acceptors (Lipinski definition) is 6. The highest BCUT2D eigenvalue weighted by molar-refractivity contribution is 8.18. The lowest BCUT2D eigenvalue weighted by Gasteiger charge is -2.23. The summed E-state index contributed by atoms with van der Waals surface area (Å²) in [7, 11) is 0. The molecule has 0 aromatic carbocycles. The third kappa shape index (κ3) is 2.15. The first-order valence-electron chi connectivity index (χ1n) is 5.27. The second-order valence-corrected chi connectivity index (χ2v) is 6.11. The molecule has 3 heterocycles. The van der Waals surface area contributed by atoms with Crippen LogP contribution in [0.1, 0.15) is 4.88 Å². The molecule has 2 aliphatic rings. The highest BCUT2D eigenvalue weighted by atomic mass is 32.2. The van der Waals surface area contributed by atoms with Gasteiger partial charge in [0.25, 0.3) is 5.91 Å². The third-order valence-corrected chi connectivity index (χ3v) is 4.78. The molecule has 0 atom stereocenters. The largest absolute Gasteiger partial charge is 0.283 e. The minimum atomic E-state index is -0.380. The smallest absolute Gasteiger partial charge is 0.283 e. The molecule has 0 saturated carbocycles. The van der Waals surface area contributed by atoms with Crippen LogP contribution in [0.5, 0.6) is 0 Å². The molecule has 0 aliphatic carbocycles. The summed E-state index contributed by atoms with van der Waals surface area (Å²) in [5, 5.41) is 11.3. The molecule has 2 aliphatic heterocycles. The van der Waals surface area contributed by atoms with Gasteiger partial charge in [0.1, 0.15) is 5.84 Å². The quantitative estimate of drug-likeness (QED) is 0.640. The van der Waals surface area contributed by atoms with E-state index in [0.29, 0.717) is 15.9 Å². The van der Waals surface area contributed by atoms with Crippen LogP contribution >= 0.6 is 35.0 Å². The summed E-state index contributed by atoms with van der Waals surface area (Å²) in [5.74, 6) is -0.240. The van der Waals surface area contributed by atoms with Gasteiger partial charge in [0.15, 0.2) is 5.17 Å². The van der Waals surface area contributed by atoms with Crippen molar-refractivity contribution in [1.82, 2.24) is 4.90 Å². The van der Waals surface area contributed by atoms with Gasteiger partial charge in [0.05, 0.1) is 17.5 Å². The van der Waals surface area contributed by atoms with E-state index in [1.165, 1.54) is 23.1 Å². The lowest BCUT2D eigenvalue weighted by atomic mass is 10.1. The van der Waals surface area contributed by atoms with E-state index in [-0.39, 0.29) is 11.7 Å². The Morgan fingerprint density at radius 2 is 2.37 bits per heavy atom. The molecule has 1 aromatic heterocycles. The maximum Gasteiger partial charge on any atom is 0.283 e. The van der Waals surface area contributed by atoms with Gasteiger partial charge in [0, 0.05) is 4.88 Å². The number of fused-ring (bicyclic) bond motifs is 1. The maximum atomic E-state index is 12.0. The van der Waals surface area contributed by atoms with Crippen LogP contribution < -0.4 is 0 Å². The van der Waals surface area contributed by atoms with Gasteiger partial charge in [-0.15, -0.1) is 11.3 Å². The zero-order valence-electron chi connectivity index (χ0n) is 9.78. The zero-order chi connectivity index (χ0) is 13.4. The number of rotatable bonds is 1. The van der Waals surface area contributed by atoms with Crippen LogP contribution in [-0.4, -0.2) is 33.2 Å². The van der Waals surface area contributed by atoms with Gasteiger partial charge in [-0.1, -0.05) is 17.8 Å². The Hall–Kier alpha value is -1.38. The van der Waals surface area contributed by atoms with E-state index in [2.05, 4.69) is 9.39 Å². The first kappa shape index (κ1) is 12.6. The lowest BCUT2D eigenvalue weighted by molar-refractivity contribution is -0.114. The Labute approximate surface area is 122 Å². The van der Waals surface area contributed by atoms with Gasteiger partial charge in [0.2, 0.25) is 5.17 Å². The van der Waals surface area contributed by atoms with Crippen molar-refractivity contribution in [2.24, 2.45) is 9.39 Å². The van der Waals surface area contributed by atoms with Crippen molar-refractivity contribution >= 4 is 63.2 Å². The van der Waals surface area contributed by atoms with E-state index in [9.17, 15) is 4.79 Å². The molecular weight excluding hydrogens is 300 g/mol. The molecule has 1 amide bonds. The molecule has 5 nitrogen and oxygen atoms in total. The molecule has 0 fully saturated rings. The summed E-state index contributed by atoms with van der Waals surface area (Å²) >= 11 is 4.08. The predicted octanol–water partition coefficient (Wildman–Crippen LogP) is 2.69. The number of carbonyl (C=O) groups excluding carboxylic acids is 1. The molecule has 1 aromatic rings. The summed E-state index contributed by atoms with van der Waals surface area (Å²) in [5.41, 5.74) is 0.301. The number of carbonyl (C=O) groups is 1. The molecule has 0 bridgehead atoms. The number of hydrogen-bond donors (Lipinski definition) is 1.